The number of hydrogen-bond donors (Lipinski definition) is 0. The van der Waals surface area contributed by atoms with Crippen molar-refractivity contribution < 1.29 is 18.5 Å². The van der Waals surface area contributed by atoms with Crippen LogP contribution in [0.2, 0.25) is 0 Å². The molecule has 74 valence electrons. The lowest BCUT2D eigenvalue weighted by Gasteiger charge is -2.21. The van der Waals surface area contributed by atoms with Crippen LogP contribution in [0.1, 0.15) is 6.92 Å². The standard InChI is InChI=1S/C9H11BFNO2/c1-8-12(2)14-10(11,13-8)9-6-4-3-5-7-9/h3-7H,1-2H3/t10-/m1/s1. The summed E-state index contributed by atoms with van der Waals surface area (Å²) in [4.78, 5) is 0. The van der Waals surface area contributed by atoms with Crippen molar-refractivity contribution in [1.82, 2.24) is 0 Å². The first-order chi connectivity index (χ1) is 6.62. The van der Waals surface area contributed by atoms with E-state index in [1.807, 2.05) is 6.07 Å². The second kappa shape index (κ2) is 3.01. The maximum Gasteiger partial charge on any atom is 0.615 e. The van der Waals surface area contributed by atoms with Crippen molar-refractivity contribution in [3.8, 4) is 0 Å². The van der Waals surface area contributed by atoms with E-state index in [1.54, 1.807) is 38.2 Å². The van der Waals surface area contributed by atoms with Gasteiger partial charge in [0.25, 0.3) is 0 Å². The van der Waals surface area contributed by atoms with E-state index in [4.69, 9.17) is 9.41 Å². The molecule has 1 aromatic carbocycles. The lowest BCUT2D eigenvalue weighted by Crippen LogP contribution is -2.47. The minimum absolute atomic E-state index is 0.413. The Morgan fingerprint density at radius 1 is 1.29 bits per heavy atom. The number of halogens is 1. The number of rotatable bonds is 1. The molecule has 1 atom stereocenters. The van der Waals surface area contributed by atoms with Gasteiger partial charge in [-0.25, -0.2) is 0 Å². The van der Waals surface area contributed by atoms with Gasteiger partial charge in [0, 0.05) is 0 Å². The van der Waals surface area contributed by atoms with E-state index in [1.165, 1.54) is 4.74 Å². The van der Waals surface area contributed by atoms with Gasteiger partial charge in [-0.15, -0.1) is 0 Å². The van der Waals surface area contributed by atoms with Gasteiger partial charge in [0.15, 0.2) is 7.05 Å². The maximum absolute atomic E-state index is 14.1. The smallest absolute Gasteiger partial charge is 0.602 e. The Balaban J connectivity index is 2.30. The van der Waals surface area contributed by atoms with Crippen molar-refractivity contribution in [3.05, 3.63) is 30.3 Å². The molecular weight excluding hydrogens is 184 g/mol. The summed E-state index contributed by atoms with van der Waals surface area (Å²) in [6, 6.07) is 8.61. The largest absolute Gasteiger partial charge is 0.615 e. The molecule has 0 saturated heterocycles. The van der Waals surface area contributed by atoms with Crippen LogP contribution in [-0.2, 0) is 9.41 Å². The highest BCUT2D eigenvalue weighted by molar-refractivity contribution is 6.76. The maximum atomic E-state index is 14.1. The fourth-order valence-electron chi connectivity index (χ4n) is 1.40. The Bertz CT molecular complexity index is 366. The van der Waals surface area contributed by atoms with Gasteiger partial charge in [0.05, 0.1) is 6.92 Å². The highest BCUT2D eigenvalue weighted by Gasteiger charge is 2.45. The van der Waals surface area contributed by atoms with Crippen LogP contribution < -0.4 is 5.46 Å². The first-order valence-corrected chi connectivity index (χ1v) is 4.45. The number of nitrogens with zero attached hydrogens (tertiary/aromatic N) is 1. The molecule has 0 radical (unpaired) electrons. The van der Waals surface area contributed by atoms with Crippen LogP contribution in [-0.4, -0.2) is 24.5 Å². The van der Waals surface area contributed by atoms with E-state index in [-0.39, 0.29) is 0 Å². The van der Waals surface area contributed by atoms with Crippen molar-refractivity contribution >= 4 is 18.2 Å². The number of hydrogen-bond acceptors (Lipinski definition) is 2. The molecule has 0 bridgehead atoms. The molecule has 14 heavy (non-hydrogen) atoms. The van der Waals surface area contributed by atoms with Crippen molar-refractivity contribution in [2.45, 2.75) is 6.92 Å². The van der Waals surface area contributed by atoms with Crippen LogP contribution in [0.5, 0.6) is 0 Å². The second-order valence-electron chi connectivity index (χ2n) is 3.27. The van der Waals surface area contributed by atoms with Crippen LogP contribution in [0.15, 0.2) is 30.3 Å². The second-order valence-corrected chi connectivity index (χ2v) is 3.27. The first-order valence-electron chi connectivity index (χ1n) is 4.45. The zero-order chi connectivity index (χ0) is 10.2. The molecular formula is C9H11BFNO2. The van der Waals surface area contributed by atoms with Gasteiger partial charge in [-0.3, -0.25) is 0 Å². The fourth-order valence-corrected chi connectivity index (χ4v) is 1.40. The molecule has 1 aliphatic rings. The van der Waals surface area contributed by atoms with E-state index in [0.29, 0.717) is 11.4 Å². The first kappa shape index (κ1) is 9.06. The van der Waals surface area contributed by atoms with Gasteiger partial charge in [0.2, 0.25) is 0 Å². The van der Waals surface area contributed by atoms with Gasteiger partial charge in [-0.2, -0.15) is 0 Å². The molecule has 0 N–H and O–H groups in total. The quantitative estimate of drug-likeness (QED) is 0.488. The third kappa shape index (κ3) is 1.34. The van der Waals surface area contributed by atoms with E-state index < -0.39 is 6.83 Å². The van der Waals surface area contributed by atoms with E-state index in [9.17, 15) is 4.32 Å². The minimum Gasteiger partial charge on any atom is -0.602 e. The van der Waals surface area contributed by atoms with Gasteiger partial charge in [-0.05, 0) is 4.74 Å². The van der Waals surface area contributed by atoms with Crippen LogP contribution in [0, 0.1) is 0 Å². The SMILES string of the molecule is CC1=[N+](C)O[B@@-](F)(c2ccccc2)O1. The van der Waals surface area contributed by atoms with Crippen LogP contribution in [0.3, 0.4) is 0 Å². The van der Waals surface area contributed by atoms with Crippen molar-refractivity contribution in [1.29, 1.82) is 0 Å². The monoisotopic (exact) mass is 195 g/mol. The Labute approximate surface area is 81.7 Å². The van der Waals surface area contributed by atoms with Crippen LogP contribution in [0.25, 0.3) is 0 Å². The normalized spacial score (nSPS) is 25.9. The topological polar surface area (TPSA) is 21.5 Å². The van der Waals surface area contributed by atoms with Crippen LogP contribution >= 0.6 is 0 Å². The average Bonchev–Trinajstić information content (AvgIpc) is 2.44. The lowest BCUT2D eigenvalue weighted by atomic mass is 9.73. The third-order valence-corrected chi connectivity index (χ3v) is 2.26. The Hall–Kier alpha value is -1.52. The lowest BCUT2D eigenvalue weighted by molar-refractivity contribution is -0.729. The predicted octanol–water partition coefficient (Wildman–Crippen LogP) is 0.825. The van der Waals surface area contributed by atoms with Crippen LogP contribution in [0.4, 0.5) is 4.32 Å². The number of hydroxylamine groups is 1. The van der Waals surface area contributed by atoms with Gasteiger partial charge < -0.3 is 13.7 Å². The van der Waals surface area contributed by atoms with E-state index in [2.05, 4.69) is 0 Å². The Morgan fingerprint density at radius 2 is 1.93 bits per heavy atom. The summed E-state index contributed by atoms with van der Waals surface area (Å²) in [6.07, 6.45) is 0. The Morgan fingerprint density at radius 3 is 2.43 bits per heavy atom. The molecule has 5 heteroatoms. The van der Waals surface area contributed by atoms with Gasteiger partial charge in [0.1, 0.15) is 0 Å². The zero-order valence-electron chi connectivity index (χ0n) is 8.11. The third-order valence-electron chi connectivity index (χ3n) is 2.26. The highest BCUT2D eigenvalue weighted by atomic mass is 19.1. The predicted molar refractivity (Wildman–Crippen MR) is 52.0 cm³/mol. The summed E-state index contributed by atoms with van der Waals surface area (Å²) >= 11 is 0. The summed E-state index contributed by atoms with van der Waals surface area (Å²) in [5.41, 5.74) is 0.413. The Kier molecular flexibility index (Phi) is 1.95. The minimum atomic E-state index is -2.86. The number of benzene rings is 1. The molecule has 0 unspecified atom stereocenters. The zero-order valence-corrected chi connectivity index (χ0v) is 8.11. The molecule has 0 aliphatic carbocycles. The van der Waals surface area contributed by atoms with E-state index >= 15 is 0 Å². The van der Waals surface area contributed by atoms with Gasteiger partial charge >= 0.3 is 12.7 Å². The van der Waals surface area contributed by atoms with Crippen molar-refractivity contribution in [2.75, 3.05) is 7.05 Å². The molecule has 0 fully saturated rings. The summed E-state index contributed by atoms with van der Waals surface area (Å²) in [5.74, 6) is 0.427. The molecule has 0 saturated carbocycles. The average molecular weight is 195 g/mol. The summed E-state index contributed by atoms with van der Waals surface area (Å²) in [7, 11) is 1.61. The van der Waals surface area contributed by atoms with E-state index in [0.717, 1.165) is 0 Å². The molecule has 1 heterocycles. The molecule has 0 aromatic heterocycles. The van der Waals surface area contributed by atoms with Crippen molar-refractivity contribution in [3.63, 3.8) is 0 Å². The summed E-state index contributed by atoms with van der Waals surface area (Å²) in [5, 5.41) is 0. The fraction of sp³-hybridized carbons (Fsp3) is 0.222. The molecule has 1 aromatic rings. The molecule has 0 amide bonds. The summed E-state index contributed by atoms with van der Waals surface area (Å²) in [6.45, 7) is -1.21. The van der Waals surface area contributed by atoms with Crippen molar-refractivity contribution in [2.24, 2.45) is 0 Å². The highest BCUT2D eigenvalue weighted by Crippen LogP contribution is 2.15. The molecule has 1 aliphatic heterocycles. The molecule has 0 spiro atoms. The molecule has 3 nitrogen and oxygen atoms in total. The molecule has 2 rings (SSSR count). The van der Waals surface area contributed by atoms with Gasteiger partial charge in [-0.1, -0.05) is 35.8 Å². The summed E-state index contributed by atoms with van der Waals surface area (Å²) < 4.78 is 25.5.